The van der Waals surface area contributed by atoms with E-state index in [0.29, 0.717) is 5.88 Å². The molecule has 140 valence electrons. The molecule has 6 heteroatoms. The van der Waals surface area contributed by atoms with Gasteiger partial charge in [0.1, 0.15) is 18.2 Å². The minimum atomic E-state index is 0.0731. The van der Waals surface area contributed by atoms with Crippen molar-refractivity contribution in [3.63, 3.8) is 0 Å². The topological polar surface area (TPSA) is 50.7 Å². The third kappa shape index (κ3) is 7.00. The molecule has 6 nitrogen and oxygen atoms in total. The Kier molecular flexibility index (Phi) is 8.69. The molecule has 0 saturated carbocycles. The summed E-state index contributed by atoms with van der Waals surface area (Å²) in [6, 6.07) is 1.97. The van der Waals surface area contributed by atoms with Crippen LogP contribution in [0.3, 0.4) is 0 Å². The molecule has 1 aliphatic heterocycles. The molecule has 0 amide bonds. The second kappa shape index (κ2) is 11.1. The first kappa shape index (κ1) is 19.7. The summed E-state index contributed by atoms with van der Waals surface area (Å²) in [5, 5.41) is 0. The summed E-state index contributed by atoms with van der Waals surface area (Å²) >= 11 is 0. The number of ether oxygens (including phenoxy) is 2. The van der Waals surface area contributed by atoms with E-state index in [9.17, 15) is 0 Å². The van der Waals surface area contributed by atoms with E-state index in [4.69, 9.17) is 9.47 Å². The van der Waals surface area contributed by atoms with Gasteiger partial charge in [-0.3, -0.25) is 0 Å². The van der Waals surface area contributed by atoms with E-state index in [1.54, 1.807) is 13.4 Å². The zero-order valence-electron chi connectivity index (χ0n) is 15.7. The van der Waals surface area contributed by atoms with Gasteiger partial charge in [0.05, 0.1) is 6.61 Å². The fourth-order valence-electron chi connectivity index (χ4n) is 3.04. The van der Waals surface area contributed by atoms with E-state index in [2.05, 4.69) is 33.4 Å². The first-order chi connectivity index (χ1) is 12.2. The zero-order chi connectivity index (χ0) is 17.9. The number of allylic oxidation sites excluding steroid dienone is 1. The largest absolute Gasteiger partial charge is 0.473 e. The van der Waals surface area contributed by atoms with Gasteiger partial charge in [-0.2, -0.15) is 0 Å². The van der Waals surface area contributed by atoms with Crippen molar-refractivity contribution in [2.75, 3.05) is 51.8 Å². The molecule has 1 aromatic heterocycles. The van der Waals surface area contributed by atoms with Crippen LogP contribution in [0.1, 0.15) is 32.1 Å². The number of hydrogen-bond donors (Lipinski definition) is 0. The average molecular weight is 348 g/mol. The molecule has 0 bridgehead atoms. The normalized spacial score (nSPS) is 16.0. The monoisotopic (exact) mass is 348 g/mol. The average Bonchev–Trinajstić information content (AvgIpc) is 2.65. The van der Waals surface area contributed by atoms with Gasteiger partial charge in [-0.1, -0.05) is 6.08 Å². The lowest BCUT2D eigenvalue weighted by atomic mass is 10.1. The SMILES string of the molecule is C=CCC[C@@H](CN(C)CCOC)Oc1cc(N2CCCCC2)ncn1. The Bertz CT molecular complexity index is 506. The number of methoxy groups -OCH3 is 1. The van der Waals surface area contributed by atoms with Crippen molar-refractivity contribution < 1.29 is 9.47 Å². The minimum Gasteiger partial charge on any atom is -0.473 e. The van der Waals surface area contributed by atoms with Crippen LogP contribution in [0.5, 0.6) is 5.88 Å². The molecule has 0 spiro atoms. The summed E-state index contributed by atoms with van der Waals surface area (Å²) in [7, 11) is 3.81. The van der Waals surface area contributed by atoms with Gasteiger partial charge in [-0.15, -0.1) is 6.58 Å². The smallest absolute Gasteiger partial charge is 0.218 e. The van der Waals surface area contributed by atoms with Crippen LogP contribution < -0.4 is 9.64 Å². The van der Waals surface area contributed by atoms with Crippen molar-refractivity contribution in [3.8, 4) is 5.88 Å². The molecule has 0 radical (unpaired) electrons. The minimum absolute atomic E-state index is 0.0731. The highest BCUT2D eigenvalue weighted by molar-refractivity contribution is 5.41. The third-order valence-electron chi connectivity index (χ3n) is 4.48. The Morgan fingerprint density at radius 1 is 1.32 bits per heavy atom. The second-order valence-electron chi connectivity index (χ2n) is 6.62. The predicted molar refractivity (Wildman–Crippen MR) is 101 cm³/mol. The van der Waals surface area contributed by atoms with E-state index in [1.165, 1.54) is 19.3 Å². The molecular weight excluding hydrogens is 316 g/mol. The van der Waals surface area contributed by atoms with Gasteiger partial charge in [0.15, 0.2) is 0 Å². The van der Waals surface area contributed by atoms with Crippen molar-refractivity contribution in [1.82, 2.24) is 14.9 Å². The van der Waals surface area contributed by atoms with E-state index >= 15 is 0 Å². The van der Waals surface area contributed by atoms with Crippen LogP contribution in [-0.4, -0.2) is 67.9 Å². The number of anilines is 1. The molecule has 1 aliphatic rings. The van der Waals surface area contributed by atoms with Gasteiger partial charge < -0.3 is 19.3 Å². The third-order valence-corrected chi connectivity index (χ3v) is 4.48. The van der Waals surface area contributed by atoms with Crippen LogP contribution in [0.25, 0.3) is 0 Å². The first-order valence-electron chi connectivity index (χ1n) is 9.25. The number of rotatable bonds is 11. The van der Waals surface area contributed by atoms with Gasteiger partial charge >= 0.3 is 0 Å². The number of likely N-dealkylation sites (N-methyl/N-ethyl adjacent to an activating group) is 1. The molecule has 1 aromatic rings. The Morgan fingerprint density at radius 3 is 2.84 bits per heavy atom. The Labute approximate surface area is 151 Å². The summed E-state index contributed by atoms with van der Waals surface area (Å²) in [6.07, 6.45) is 9.23. The number of piperidine rings is 1. The van der Waals surface area contributed by atoms with Crippen LogP contribution in [0.4, 0.5) is 5.82 Å². The van der Waals surface area contributed by atoms with Gasteiger partial charge in [-0.25, -0.2) is 9.97 Å². The van der Waals surface area contributed by atoms with Crippen LogP contribution in [0.15, 0.2) is 25.0 Å². The molecule has 1 atom stereocenters. The summed E-state index contributed by atoms with van der Waals surface area (Å²) in [5.41, 5.74) is 0. The van der Waals surface area contributed by atoms with Crippen molar-refractivity contribution in [1.29, 1.82) is 0 Å². The second-order valence-corrected chi connectivity index (χ2v) is 6.62. The lowest BCUT2D eigenvalue weighted by Gasteiger charge is -2.28. The van der Waals surface area contributed by atoms with Crippen LogP contribution in [0, 0.1) is 0 Å². The number of hydrogen-bond acceptors (Lipinski definition) is 6. The highest BCUT2D eigenvalue weighted by Crippen LogP contribution is 2.21. The van der Waals surface area contributed by atoms with Crippen molar-refractivity contribution in [3.05, 3.63) is 25.0 Å². The Hall–Kier alpha value is -1.66. The van der Waals surface area contributed by atoms with E-state index in [0.717, 1.165) is 51.4 Å². The standard InChI is InChI=1S/C19H32N4O2/c1-4-5-9-17(15-22(2)12-13-24-3)25-19-14-18(20-16-21-19)23-10-7-6-8-11-23/h4,14,16-17H,1,5-13,15H2,2-3H3/t17-/m0/s1. The summed E-state index contributed by atoms with van der Waals surface area (Å²) < 4.78 is 11.3. The highest BCUT2D eigenvalue weighted by Gasteiger charge is 2.16. The summed E-state index contributed by atoms with van der Waals surface area (Å²) in [5.74, 6) is 1.63. The molecule has 0 N–H and O–H groups in total. The van der Waals surface area contributed by atoms with Gasteiger partial charge in [-0.05, 0) is 39.2 Å². The molecular formula is C19H32N4O2. The van der Waals surface area contributed by atoms with E-state index < -0.39 is 0 Å². The van der Waals surface area contributed by atoms with Crippen molar-refractivity contribution in [2.24, 2.45) is 0 Å². The van der Waals surface area contributed by atoms with Crippen molar-refractivity contribution >= 4 is 5.82 Å². The molecule has 2 rings (SSSR count). The van der Waals surface area contributed by atoms with E-state index in [1.807, 2.05) is 12.1 Å². The maximum atomic E-state index is 6.19. The molecule has 25 heavy (non-hydrogen) atoms. The van der Waals surface area contributed by atoms with Crippen molar-refractivity contribution in [2.45, 2.75) is 38.2 Å². The molecule has 1 fully saturated rings. The molecule has 0 aliphatic carbocycles. The Balaban J connectivity index is 1.97. The van der Waals surface area contributed by atoms with Crippen LogP contribution >= 0.6 is 0 Å². The fraction of sp³-hybridized carbons (Fsp3) is 0.684. The summed E-state index contributed by atoms with van der Waals surface area (Å²) in [4.78, 5) is 13.3. The maximum absolute atomic E-state index is 6.19. The zero-order valence-corrected chi connectivity index (χ0v) is 15.7. The number of aromatic nitrogens is 2. The summed E-state index contributed by atoms with van der Waals surface area (Å²) in [6.45, 7) is 8.39. The number of nitrogens with zero attached hydrogens (tertiary/aromatic N) is 4. The highest BCUT2D eigenvalue weighted by atomic mass is 16.5. The van der Waals surface area contributed by atoms with Gasteiger partial charge in [0.2, 0.25) is 5.88 Å². The molecule has 0 aromatic carbocycles. The van der Waals surface area contributed by atoms with Crippen LogP contribution in [0.2, 0.25) is 0 Å². The van der Waals surface area contributed by atoms with E-state index in [-0.39, 0.29) is 6.10 Å². The lowest BCUT2D eigenvalue weighted by Crippen LogP contribution is -2.35. The lowest BCUT2D eigenvalue weighted by molar-refractivity contribution is 0.110. The molecule has 0 unspecified atom stereocenters. The predicted octanol–water partition coefficient (Wildman–Crippen LogP) is 2.76. The fourth-order valence-corrected chi connectivity index (χ4v) is 3.04. The van der Waals surface area contributed by atoms with Gasteiger partial charge in [0, 0.05) is 39.4 Å². The Morgan fingerprint density at radius 2 is 2.12 bits per heavy atom. The first-order valence-corrected chi connectivity index (χ1v) is 9.25. The maximum Gasteiger partial charge on any atom is 0.218 e. The van der Waals surface area contributed by atoms with Gasteiger partial charge in [0.25, 0.3) is 0 Å². The molecule has 1 saturated heterocycles. The van der Waals surface area contributed by atoms with Crippen LogP contribution in [-0.2, 0) is 4.74 Å². The molecule has 2 heterocycles. The quantitative estimate of drug-likeness (QED) is 0.573.